The molecule has 1 heterocycles. The minimum absolute atomic E-state index is 0.0211. The number of ketones is 1. The molecule has 0 spiro atoms. The first-order chi connectivity index (χ1) is 20.8. The third-order valence-corrected chi connectivity index (χ3v) is 10.2. The summed E-state index contributed by atoms with van der Waals surface area (Å²) in [7, 11) is 0. The third-order valence-electron chi connectivity index (χ3n) is 10.2. The molecular formula is C34H48O11. The van der Waals surface area contributed by atoms with Gasteiger partial charge in [0, 0.05) is 44.1 Å². The van der Waals surface area contributed by atoms with Crippen LogP contribution >= 0.6 is 0 Å². The fraction of sp³-hybridized carbons (Fsp3) is 0.676. The van der Waals surface area contributed by atoms with Crippen LogP contribution in [0.4, 0.5) is 0 Å². The first kappa shape index (κ1) is 35.2. The molecule has 1 saturated heterocycles. The topological polar surface area (TPSA) is 169 Å². The highest BCUT2D eigenvalue weighted by atomic mass is 16.6. The van der Waals surface area contributed by atoms with Crippen LogP contribution < -0.4 is 0 Å². The van der Waals surface area contributed by atoms with Gasteiger partial charge in [-0.3, -0.25) is 14.4 Å². The first-order valence-electron chi connectivity index (χ1n) is 15.5. The molecular weight excluding hydrogens is 584 g/mol. The average Bonchev–Trinajstić information content (AvgIpc) is 2.93. The van der Waals surface area contributed by atoms with E-state index in [0.29, 0.717) is 5.57 Å². The SMILES string of the molecule is CC(=O)O[C@H]1C(=O)[C@@]2(C)C(C(OCc3ccccc3)[C@]3(O)C[C@H](O)C(C)=C1C3(C)C)[C@]1(OC(C)=O)CO[C@@H]1C[C@@H]2O.CC(C)O. The van der Waals surface area contributed by atoms with E-state index in [1.54, 1.807) is 41.5 Å². The Morgan fingerprint density at radius 1 is 1.07 bits per heavy atom. The molecule has 0 aromatic heterocycles. The highest BCUT2D eigenvalue weighted by Crippen LogP contribution is 2.64. The molecule has 250 valence electrons. The van der Waals surface area contributed by atoms with Crippen molar-refractivity contribution in [2.75, 3.05) is 6.61 Å². The van der Waals surface area contributed by atoms with Gasteiger partial charge >= 0.3 is 11.9 Å². The fourth-order valence-electron chi connectivity index (χ4n) is 7.98. The summed E-state index contributed by atoms with van der Waals surface area (Å²) in [4.78, 5) is 39.8. The van der Waals surface area contributed by atoms with Crippen molar-refractivity contribution in [3.05, 3.63) is 47.0 Å². The molecule has 0 amide bonds. The van der Waals surface area contributed by atoms with Gasteiger partial charge in [0.25, 0.3) is 0 Å². The van der Waals surface area contributed by atoms with Crippen molar-refractivity contribution in [3.63, 3.8) is 0 Å². The van der Waals surface area contributed by atoms with E-state index in [1.165, 1.54) is 13.8 Å². The molecule has 2 unspecified atom stereocenters. The van der Waals surface area contributed by atoms with E-state index >= 15 is 0 Å². The van der Waals surface area contributed by atoms with E-state index in [2.05, 4.69) is 0 Å². The zero-order chi connectivity index (χ0) is 33.7. The van der Waals surface area contributed by atoms with E-state index < -0.39 is 76.2 Å². The zero-order valence-corrected chi connectivity index (χ0v) is 27.4. The Bertz CT molecular complexity index is 1320. The molecule has 2 bridgehead atoms. The predicted molar refractivity (Wildman–Crippen MR) is 161 cm³/mol. The van der Waals surface area contributed by atoms with Gasteiger partial charge in [0.05, 0.1) is 36.9 Å². The lowest BCUT2D eigenvalue weighted by molar-refractivity contribution is -0.351. The third kappa shape index (κ3) is 5.76. The molecule has 1 aromatic rings. The fourth-order valence-corrected chi connectivity index (χ4v) is 7.98. The molecule has 4 N–H and O–H groups in total. The second kappa shape index (κ2) is 12.5. The molecule has 11 nitrogen and oxygen atoms in total. The summed E-state index contributed by atoms with van der Waals surface area (Å²) in [6, 6.07) is 9.28. The number of rotatable bonds is 5. The van der Waals surface area contributed by atoms with Crippen LogP contribution in [0.1, 0.15) is 73.8 Å². The first-order valence-corrected chi connectivity index (χ1v) is 15.5. The Morgan fingerprint density at radius 3 is 2.18 bits per heavy atom. The van der Waals surface area contributed by atoms with E-state index in [0.717, 1.165) is 5.56 Å². The van der Waals surface area contributed by atoms with Gasteiger partial charge in [-0.25, -0.2) is 0 Å². The van der Waals surface area contributed by atoms with Crippen molar-refractivity contribution < 1.29 is 53.8 Å². The number of hydrogen-bond acceptors (Lipinski definition) is 11. The minimum Gasteiger partial charge on any atom is -0.454 e. The highest BCUT2D eigenvalue weighted by molar-refractivity contribution is 5.95. The van der Waals surface area contributed by atoms with Crippen LogP contribution in [0.3, 0.4) is 0 Å². The normalized spacial score (nSPS) is 38.4. The average molecular weight is 633 g/mol. The standard InChI is InChI=1S/C31H40O10.C3H8O/c1-16-20(34)13-31(37)27(38-14-19-10-8-7-9-11-19)25-29(6,21(35)12-22-30(25,15-39-22)41-18(3)33)26(36)24(40-17(2)32)23(16)28(31,4)5;1-3(2)4/h7-11,20-22,24-25,27,34-35,37H,12-15H2,1-6H3;3-4H,1-2H3/t20-,21-,22+,24+,25?,27?,29+,30-,31+;/m0./s1. The zero-order valence-electron chi connectivity index (χ0n) is 27.4. The molecule has 2 saturated carbocycles. The van der Waals surface area contributed by atoms with Crippen molar-refractivity contribution in [1.29, 1.82) is 0 Å². The van der Waals surface area contributed by atoms with E-state index in [1.807, 2.05) is 30.3 Å². The number of carbonyl (C=O) groups is 3. The molecule has 9 atom stereocenters. The Hall–Kier alpha value is -2.67. The minimum atomic E-state index is -1.87. The van der Waals surface area contributed by atoms with Crippen LogP contribution in [0.15, 0.2) is 41.5 Å². The van der Waals surface area contributed by atoms with Crippen LogP contribution in [-0.4, -0.2) is 92.6 Å². The monoisotopic (exact) mass is 632 g/mol. The van der Waals surface area contributed by atoms with E-state index in [9.17, 15) is 29.7 Å². The largest absolute Gasteiger partial charge is 0.454 e. The van der Waals surface area contributed by atoms with Crippen molar-refractivity contribution in [2.45, 2.75) is 123 Å². The van der Waals surface area contributed by atoms with Crippen molar-refractivity contribution in [3.8, 4) is 0 Å². The molecule has 3 aliphatic carbocycles. The van der Waals surface area contributed by atoms with Gasteiger partial charge in [-0.1, -0.05) is 44.2 Å². The van der Waals surface area contributed by atoms with Gasteiger partial charge in [0.2, 0.25) is 0 Å². The van der Waals surface area contributed by atoms with Gasteiger partial charge in [0.15, 0.2) is 17.5 Å². The number of aliphatic hydroxyl groups is 4. The molecule has 11 heteroatoms. The number of ether oxygens (including phenoxy) is 4. The maximum atomic E-state index is 14.8. The van der Waals surface area contributed by atoms with Gasteiger partial charge in [-0.05, 0) is 44.4 Å². The molecule has 5 rings (SSSR count). The Kier molecular flexibility index (Phi) is 9.78. The smallest absolute Gasteiger partial charge is 0.303 e. The number of esters is 2. The number of hydrogen-bond donors (Lipinski definition) is 4. The summed E-state index contributed by atoms with van der Waals surface area (Å²) in [5.41, 5.74) is -4.80. The van der Waals surface area contributed by atoms with Crippen molar-refractivity contribution in [1.82, 2.24) is 0 Å². The Balaban J connectivity index is 0.00000109. The number of carbonyl (C=O) groups excluding carboxylic acids is 3. The van der Waals surface area contributed by atoms with Crippen LogP contribution in [0, 0.1) is 16.7 Å². The van der Waals surface area contributed by atoms with Gasteiger partial charge in [-0.2, -0.15) is 0 Å². The van der Waals surface area contributed by atoms with Crippen LogP contribution in [0.2, 0.25) is 0 Å². The van der Waals surface area contributed by atoms with Gasteiger partial charge in [0.1, 0.15) is 11.7 Å². The number of aliphatic hydroxyl groups excluding tert-OH is 3. The summed E-state index contributed by atoms with van der Waals surface area (Å²) in [6.07, 6.45) is -6.36. The lowest BCUT2D eigenvalue weighted by Gasteiger charge is -2.67. The summed E-state index contributed by atoms with van der Waals surface area (Å²) >= 11 is 0. The lowest BCUT2D eigenvalue weighted by Crippen LogP contribution is -2.81. The van der Waals surface area contributed by atoms with E-state index in [-0.39, 0.29) is 37.7 Å². The van der Waals surface area contributed by atoms with Crippen molar-refractivity contribution >= 4 is 17.7 Å². The van der Waals surface area contributed by atoms with Gasteiger partial charge < -0.3 is 39.4 Å². The number of Topliss-reactive ketones (excluding diaryl/α,β-unsaturated/α-hetero) is 1. The summed E-state index contributed by atoms with van der Waals surface area (Å²) in [5.74, 6) is -3.09. The highest BCUT2D eigenvalue weighted by Gasteiger charge is 2.77. The Labute approximate surface area is 264 Å². The molecule has 45 heavy (non-hydrogen) atoms. The molecule has 0 radical (unpaired) electrons. The van der Waals surface area contributed by atoms with E-state index in [4.69, 9.17) is 24.1 Å². The molecule has 4 aliphatic rings. The maximum Gasteiger partial charge on any atom is 0.303 e. The second-order valence-electron chi connectivity index (χ2n) is 13.9. The molecule has 1 aliphatic heterocycles. The van der Waals surface area contributed by atoms with Gasteiger partial charge in [-0.15, -0.1) is 0 Å². The van der Waals surface area contributed by atoms with Crippen LogP contribution in [0.25, 0.3) is 0 Å². The summed E-state index contributed by atoms with van der Waals surface area (Å²) in [6.45, 7) is 12.5. The van der Waals surface area contributed by atoms with Crippen LogP contribution in [-0.2, 0) is 39.9 Å². The quantitative estimate of drug-likeness (QED) is 0.278. The lowest BCUT2D eigenvalue weighted by atomic mass is 9.44. The second-order valence-corrected chi connectivity index (χ2v) is 13.9. The maximum absolute atomic E-state index is 14.8. The Morgan fingerprint density at radius 2 is 1.67 bits per heavy atom. The number of benzene rings is 1. The molecule has 1 aromatic carbocycles. The molecule has 3 fully saturated rings. The van der Waals surface area contributed by atoms with Crippen LogP contribution in [0.5, 0.6) is 0 Å². The van der Waals surface area contributed by atoms with Crippen molar-refractivity contribution in [2.24, 2.45) is 16.7 Å². The summed E-state index contributed by atoms with van der Waals surface area (Å²) < 4.78 is 24.1. The summed E-state index contributed by atoms with van der Waals surface area (Å²) in [5, 5.41) is 43.9. The number of fused-ring (bicyclic) bond motifs is 5. The predicted octanol–water partition coefficient (Wildman–Crippen LogP) is 2.40.